The minimum absolute atomic E-state index is 0.0375. The summed E-state index contributed by atoms with van der Waals surface area (Å²) < 4.78 is 0. The molecule has 2 rings (SSSR count). The Kier molecular flexibility index (Phi) is 3.57. The van der Waals surface area contributed by atoms with E-state index in [-0.39, 0.29) is 29.6 Å². The Morgan fingerprint density at radius 2 is 1.95 bits per heavy atom. The Bertz CT molecular complexity index is 378. The fraction of sp³-hybridized carbons (Fsp3) is 0.933. The van der Waals surface area contributed by atoms with Gasteiger partial charge in [0.25, 0.3) is 0 Å². The summed E-state index contributed by atoms with van der Waals surface area (Å²) in [6.45, 7) is 4.90. The summed E-state index contributed by atoms with van der Waals surface area (Å²) in [4.78, 5) is 11.8. The first-order chi connectivity index (χ1) is 8.66. The summed E-state index contributed by atoms with van der Waals surface area (Å²) in [6.07, 6.45) is 3.59. The first-order valence-electron chi connectivity index (χ1n) is 7.22. The van der Waals surface area contributed by atoms with E-state index in [0.717, 1.165) is 25.7 Å². The molecule has 2 saturated carbocycles. The van der Waals surface area contributed by atoms with Crippen molar-refractivity contribution in [3.05, 3.63) is 0 Å². The zero-order valence-corrected chi connectivity index (χ0v) is 12.1. The average Bonchev–Trinajstić information content (AvgIpc) is 2.60. The van der Waals surface area contributed by atoms with Crippen molar-refractivity contribution in [2.24, 2.45) is 17.3 Å². The third-order valence-corrected chi connectivity index (χ3v) is 5.90. The van der Waals surface area contributed by atoms with Crippen LogP contribution in [-0.4, -0.2) is 38.9 Å². The second-order valence-corrected chi connectivity index (χ2v) is 7.14. The summed E-state index contributed by atoms with van der Waals surface area (Å²) in [7, 11) is 0. The lowest BCUT2D eigenvalue weighted by molar-refractivity contribution is -0.169. The number of hydrogen-bond donors (Lipinski definition) is 3. The summed E-state index contributed by atoms with van der Waals surface area (Å²) in [5.41, 5.74) is -2.44. The highest BCUT2D eigenvalue weighted by Crippen LogP contribution is 2.60. The normalized spacial score (nSPS) is 45.6. The Hall–Kier alpha value is -0.450. The molecule has 5 atom stereocenters. The predicted octanol–water partition coefficient (Wildman–Crippen LogP) is 1.27. The van der Waals surface area contributed by atoms with Gasteiger partial charge in [-0.15, -0.1) is 0 Å². The second-order valence-electron chi connectivity index (χ2n) is 7.14. The maximum absolute atomic E-state index is 11.8. The van der Waals surface area contributed by atoms with Crippen LogP contribution in [0.4, 0.5) is 0 Å². The highest BCUT2D eigenvalue weighted by molar-refractivity contribution is 5.80. The van der Waals surface area contributed by atoms with Gasteiger partial charge in [0.15, 0.2) is 0 Å². The molecule has 2 aliphatic rings. The molecule has 0 amide bonds. The summed E-state index contributed by atoms with van der Waals surface area (Å²) >= 11 is 0. The van der Waals surface area contributed by atoms with Gasteiger partial charge in [0.1, 0.15) is 5.78 Å². The quantitative estimate of drug-likeness (QED) is 0.721. The van der Waals surface area contributed by atoms with Crippen LogP contribution in [0, 0.1) is 17.3 Å². The molecule has 19 heavy (non-hydrogen) atoms. The third kappa shape index (κ3) is 2.14. The Labute approximate surface area is 114 Å². The molecule has 1 unspecified atom stereocenters. The molecule has 2 fully saturated rings. The van der Waals surface area contributed by atoms with Gasteiger partial charge in [-0.1, -0.05) is 6.92 Å². The molecule has 0 aromatic heterocycles. The number of hydrogen-bond acceptors (Lipinski definition) is 4. The van der Waals surface area contributed by atoms with Crippen LogP contribution in [0.5, 0.6) is 0 Å². The summed E-state index contributed by atoms with van der Waals surface area (Å²) in [5.74, 6) is -0.444. The SMILES string of the molecule is CC(=O)[C@H]1CC[C@]2(C)CC[C@@H](C(C)(O)CO)C[C@]12O. The number of carbonyl (C=O) groups is 1. The molecule has 0 aliphatic heterocycles. The number of carbonyl (C=O) groups excluding carboxylic acids is 1. The van der Waals surface area contributed by atoms with Gasteiger partial charge in [0.05, 0.1) is 17.8 Å². The summed E-state index contributed by atoms with van der Waals surface area (Å²) in [5, 5.41) is 30.7. The fourth-order valence-electron chi connectivity index (χ4n) is 4.24. The van der Waals surface area contributed by atoms with E-state index in [1.165, 1.54) is 0 Å². The van der Waals surface area contributed by atoms with Crippen LogP contribution in [-0.2, 0) is 4.79 Å². The third-order valence-electron chi connectivity index (χ3n) is 5.90. The highest BCUT2D eigenvalue weighted by Gasteiger charge is 2.61. The van der Waals surface area contributed by atoms with Crippen molar-refractivity contribution in [3.8, 4) is 0 Å². The monoisotopic (exact) mass is 270 g/mol. The Balaban J connectivity index is 2.29. The van der Waals surface area contributed by atoms with Gasteiger partial charge < -0.3 is 15.3 Å². The lowest BCUT2D eigenvalue weighted by Gasteiger charge is -2.51. The van der Waals surface area contributed by atoms with Gasteiger partial charge in [-0.2, -0.15) is 0 Å². The minimum Gasteiger partial charge on any atom is -0.393 e. The molecule has 4 nitrogen and oxygen atoms in total. The van der Waals surface area contributed by atoms with Crippen LogP contribution < -0.4 is 0 Å². The molecule has 0 spiro atoms. The van der Waals surface area contributed by atoms with E-state index in [1.807, 2.05) is 0 Å². The van der Waals surface area contributed by atoms with Crippen LogP contribution in [0.1, 0.15) is 52.9 Å². The first-order valence-corrected chi connectivity index (χ1v) is 7.22. The zero-order chi connectivity index (χ0) is 14.5. The van der Waals surface area contributed by atoms with Crippen molar-refractivity contribution in [1.82, 2.24) is 0 Å². The first kappa shape index (κ1) is 14.9. The van der Waals surface area contributed by atoms with E-state index < -0.39 is 11.2 Å². The van der Waals surface area contributed by atoms with Gasteiger partial charge in [-0.3, -0.25) is 4.79 Å². The molecule has 110 valence electrons. The second kappa shape index (κ2) is 4.54. The molecule has 0 radical (unpaired) electrons. The van der Waals surface area contributed by atoms with Crippen molar-refractivity contribution in [1.29, 1.82) is 0 Å². The van der Waals surface area contributed by atoms with E-state index in [2.05, 4.69) is 6.92 Å². The molecule has 4 heteroatoms. The van der Waals surface area contributed by atoms with E-state index in [9.17, 15) is 20.1 Å². The van der Waals surface area contributed by atoms with Crippen LogP contribution in [0.15, 0.2) is 0 Å². The largest absolute Gasteiger partial charge is 0.393 e. The standard InChI is InChI=1S/C15H26O4/c1-10(17)12-5-7-13(2)6-4-11(8-15(12,13)19)14(3,18)9-16/h11-12,16,18-19H,4-9H2,1-3H3/t11-,12-,13+,14?,15+/m1/s1. The van der Waals surface area contributed by atoms with Crippen molar-refractivity contribution >= 4 is 5.78 Å². The Morgan fingerprint density at radius 3 is 2.47 bits per heavy atom. The van der Waals surface area contributed by atoms with Crippen molar-refractivity contribution < 1.29 is 20.1 Å². The predicted molar refractivity (Wildman–Crippen MR) is 71.5 cm³/mol. The van der Waals surface area contributed by atoms with Gasteiger partial charge in [0.2, 0.25) is 0 Å². The maximum Gasteiger partial charge on any atom is 0.135 e. The number of aliphatic hydroxyl groups is 3. The average molecular weight is 270 g/mol. The number of ketones is 1. The molecule has 0 aromatic rings. The van der Waals surface area contributed by atoms with E-state index in [1.54, 1.807) is 13.8 Å². The fourth-order valence-corrected chi connectivity index (χ4v) is 4.24. The minimum atomic E-state index is -1.18. The molecule has 0 aromatic carbocycles. The molecule has 3 N–H and O–H groups in total. The van der Waals surface area contributed by atoms with Crippen LogP contribution >= 0.6 is 0 Å². The number of fused-ring (bicyclic) bond motifs is 1. The number of Topliss-reactive ketones (excluding diaryl/α,β-unsaturated/α-hetero) is 1. The molecule has 0 saturated heterocycles. The topological polar surface area (TPSA) is 77.8 Å². The van der Waals surface area contributed by atoms with Crippen molar-refractivity contribution in [2.75, 3.05) is 6.61 Å². The molecular weight excluding hydrogens is 244 g/mol. The van der Waals surface area contributed by atoms with E-state index >= 15 is 0 Å². The van der Waals surface area contributed by atoms with E-state index in [4.69, 9.17) is 0 Å². The number of aliphatic hydroxyl groups excluding tert-OH is 1. The van der Waals surface area contributed by atoms with Gasteiger partial charge in [0, 0.05) is 5.92 Å². The lowest BCUT2D eigenvalue weighted by Crippen LogP contribution is -2.56. The zero-order valence-electron chi connectivity index (χ0n) is 12.1. The van der Waals surface area contributed by atoms with Crippen molar-refractivity contribution in [3.63, 3.8) is 0 Å². The van der Waals surface area contributed by atoms with Crippen LogP contribution in [0.3, 0.4) is 0 Å². The molecule has 2 aliphatic carbocycles. The van der Waals surface area contributed by atoms with Crippen LogP contribution in [0.25, 0.3) is 0 Å². The summed E-state index contributed by atoms with van der Waals surface area (Å²) in [6, 6.07) is 0. The molecular formula is C15H26O4. The Morgan fingerprint density at radius 1 is 1.37 bits per heavy atom. The molecule has 0 bridgehead atoms. The van der Waals surface area contributed by atoms with E-state index in [0.29, 0.717) is 6.42 Å². The van der Waals surface area contributed by atoms with Gasteiger partial charge in [-0.05, 0) is 57.3 Å². The lowest BCUT2D eigenvalue weighted by atomic mass is 9.58. The maximum atomic E-state index is 11.8. The number of rotatable bonds is 3. The van der Waals surface area contributed by atoms with Crippen LogP contribution in [0.2, 0.25) is 0 Å². The van der Waals surface area contributed by atoms with Gasteiger partial charge >= 0.3 is 0 Å². The smallest absolute Gasteiger partial charge is 0.135 e. The van der Waals surface area contributed by atoms with Gasteiger partial charge in [-0.25, -0.2) is 0 Å². The highest BCUT2D eigenvalue weighted by atomic mass is 16.3. The van der Waals surface area contributed by atoms with Crippen molar-refractivity contribution in [2.45, 2.75) is 64.1 Å². The molecule has 0 heterocycles.